The van der Waals surface area contributed by atoms with Crippen LogP contribution in [-0.4, -0.2) is 29.9 Å². The monoisotopic (exact) mass is 664 g/mol. The first-order chi connectivity index (χ1) is 22.1. The number of rotatable bonds is 11. The van der Waals surface area contributed by atoms with Crippen LogP contribution >= 0.6 is 22.9 Å². The second-order valence-electron chi connectivity index (χ2n) is 10.7. The molecule has 5 rings (SSSR count). The first-order valence-corrected chi connectivity index (χ1v) is 16.1. The van der Waals surface area contributed by atoms with Crippen LogP contribution < -0.4 is 29.1 Å². The SMILES string of the molecule is CCOC(=O)C1=C(C)N=c2s/c(=C/c3cc(Cl)c(OCc4cccc(F)c4)c(OCC)c3)c(=O)n2[C@H]1c1ccccc1OC(C)C. The van der Waals surface area contributed by atoms with Crippen LogP contribution in [0.3, 0.4) is 0 Å². The van der Waals surface area contributed by atoms with Gasteiger partial charge in [-0.2, -0.15) is 0 Å². The zero-order chi connectivity index (χ0) is 33.0. The zero-order valence-electron chi connectivity index (χ0n) is 26.1. The molecule has 0 bridgehead atoms. The number of hydrogen-bond donors (Lipinski definition) is 0. The molecule has 0 aliphatic carbocycles. The van der Waals surface area contributed by atoms with Crippen molar-refractivity contribution in [3.8, 4) is 17.2 Å². The predicted octanol–water partition coefficient (Wildman–Crippen LogP) is 6.36. The molecule has 1 aromatic heterocycles. The van der Waals surface area contributed by atoms with E-state index in [0.717, 1.165) is 0 Å². The van der Waals surface area contributed by atoms with E-state index < -0.39 is 12.0 Å². The van der Waals surface area contributed by atoms with Gasteiger partial charge < -0.3 is 18.9 Å². The molecule has 240 valence electrons. The fraction of sp³-hybridized carbons (Fsp3) is 0.286. The topological polar surface area (TPSA) is 88.4 Å². The third-order valence-corrected chi connectivity index (χ3v) is 8.26. The smallest absolute Gasteiger partial charge is 0.338 e. The highest BCUT2D eigenvalue weighted by Crippen LogP contribution is 2.38. The van der Waals surface area contributed by atoms with Crippen molar-refractivity contribution in [3.63, 3.8) is 0 Å². The van der Waals surface area contributed by atoms with Gasteiger partial charge in [0.25, 0.3) is 5.56 Å². The van der Waals surface area contributed by atoms with Crippen LogP contribution in [-0.2, 0) is 16.1 Å². The molecule has 0 unspecified atom stereocenters. The maximum absolute atomic E-state index is 14.2. The van der Waals surface area contributed by atoms with Crippen LogP contribution in [0.1, 0.15) is 57.4 Å². The molecule has 4 aromatic rings. The molecule has 2 heterocycles. The Bertz CT molecular complexity index is 1980. The van der Waals surface area contributed by atoms with Gasteiger partial charge in [-0.3, -0.25) is 9.36 Å². The maximum atomic E-state index is 14.2. The van der Waals surface area contributed by atoms with Gasteiger partial charge in [-0.25, -0.2) is 14.2 Å². The average molecular weight is 665 g/mol. The zero-order valence-corrected chi connectivity index (χ0v) is 27.7. The summed E-state index contributed by atoms with van der Waals surface area (Å²) in [4.78, 5) is 32.6. The number of benzene rings is 3. The molecule has 11 heteroatoms. The van der Waals surface area contributed by atoms with E-state index in [0.29, 0.717) is 55.6 Å². The number of aromatic nitrogens is 1. The maximum Gasteiger partial charge on any atom is 0.338 e. The van der Waals surface area contributed by atoms with Crippen molar-refractivity contribution < 1.29 is 28.1 Å². The van der Waals surface area contributed by atoms with Gasteiger partial charge in [0.2, 0.25) is 0 Å². The molecule has 1 aliphatic heterocycles. The number of para-hydroxylation sites is 1. The van der Waals surface area contributed by atoms with Gasteiger partial charge in [0.05, 0.1) is 40.1 Å². The highest BCUT2D eigenvalue weighted by atomic mass is 35.5. The molecular formula is C35H34ClFN2O6S. The molecule has 1 aliphatic rings. The summed E-state index contributed by atoms with van der Waals surface area (Å²) in [5, 5.41) is 0.263. The normalized spacial score (nSPS) is 14.6. The van der Waals surface area contributed by atoms with Crippen molar-refractivity contribution >= 4 is 35.0 Å². The van der Waals surface area contributed by atoms with Crippen LogP contribution in [0.15, 0.2) is 81.7 Å². The Morgan fingerprint density at radius 2 is 1.85 bits per heavy atom. The van der Waals surface area contributed by atoms with Crippen molar-refractivity contribution in [1.29, 1.82) is 0 Å². The highest BCUT2D eigenvalue weighted by Gasteiger charge is 2.35. The quantitative estimate of drug-likeness (QED) is 0.174. The minimum Gasteiger partial charge on any atom is -0.491 e. The molecule has 3 aromatic carbocycles. The summed E-state index contributed by atoms with van der Waals surface area (Å²) in [5.74, 6) is 0.322. The minimum absolute atomic E-state index is 0.0830. The van der Waals surface area contributed by atoms with E-state index in [-0.39, 0.29) is 41.3 Å². The number of allylic oxidation sites excluding steroid dienone is 1. The van der Waals surface area contributed by atoms with Crippen LogP contribution in [0, 0.1) is 5.82 Å². The lowest BCUT2D eigenvalue weighted by atomic mass is 9.95. The third-order valence-electron chi connectivity index (χ3n) is 6.99. The highest BCUT2D eigenvalue weighted by molar-refractivity contribution is 7.07. The molecule has 46 heavy (non-hydrogen) atoms. The number of ether oxygens (including phenoxy) is 4. The Labute approximate surface area is 275 Å². The second-order valence-corrected chi connectivity index (χ2v) is 12.1. The minimum atomic E-state index is -0.825. The summed E-state index contributed by atoms with van der Waals surface area (Å²) in [7, 11) is 0. The number of nitrogens with zero attached hydrogens (tertiary/aromatic N) is 2. The van der Waals surface area contributed by atoms with E-state index >= 15 is 0 Å². The van der Waals surface area contributed by atoms with Gasteiger partial charge in [-0.15, -0.1) is 0 Å². The Kier molecular flexibility index (Phi) is 10.3. The summed E-state index contributed by atoms with van der Waals surface area (Å²) in [5.41, 5.74) is 2.25. The molecule has 1 atom stereocenters. The number of thiazole rings is 1. The predicted molar refractivity (Wildman–Crippen MR) is 176 cm³/mol. The molecule has 0 radical (unpaired) electrons. The Morgan fingerprint density at radius 1 is 1.07 bits per heavy atom. The van der Waals surface area contributed by atoms with Crippen molar-refractivity contribution in [1.82, 2.24) is 4.57 Å². The van der Waals surface area contributed by atoms with Crippen molar-refractivity contribution in [3.05, 3.63) is 119 Å². The van der Waals surface area contributed by atoms with Gasteiger partial charge in [0.15, 0.2) is 16.3 Å². The second kappa shape index (κ2) is 14.3. The number of halogens is 2. The van der Waals surface area contributed by atoms with E-state index in [1.807, 2.05) is 45.0 Å². The van der Waals surface area contributed by atoms with Crippen LogP contribution in [0.5, 0.6) is 17.2 Å². The van der Waals surface area contributed by atoms with Crippen molar-refractivity contribution in [2.24, 2.45) is 4.99 Å². The van der Waals surface area contributed by atoms with Crippen LogP contribution in [0.25, 0.3) is 6.08 Å². The molecule has 0 N–H and O–H groups in total. The molecular weight excluding hydrogens is 631 g/mol. The molecule has 0 spiro atoms. The first-order valence-electron chi connectivity index (χ1n) is 14.9. The summed E-state index contributed by atoms with van der Waals surface area (Å²) in [6, 6.07) is 16.0. The van der Waals surface area contributed by atoms with Gasteiger partial charge in [0, 0.05) is 5.56 Å². The number of fused-ring (bicyclic) bond motifs is 1. The molecule has 0 saturated carbocycles. The fourth-order valence-electron chi connectivity index (χ4n) is 5.16. The summed E-state index contributed by atoms with van der Waals surface area (Å²) in [6.45, 7) is 9.71. The van der Waals surface area contributed by atoms with Crippen molar-refractivity contribution in [2.45, 2.75) is 53.4 Å². The molecule has 0 amide bonds. The number of hydrogen-bond acceptors (Lipinski definition) is 8. The number of carbonyl (C=O) groups excluding carboxylic acids is 1. The first kappa shape index (κ1) is 33.0. The standard InChI is InChI=1S/C35H34ClFN2O6S/c1-6-42-28-17-23(16-26(36)32(28)44-19-22-11-10-12-24(37)15-22)18-29-33(40)39-31(25-13-8-9-14-27(25)45-20(3)4)30(34(41)43-7-2)21(5)38-35(39)46-29/h8-18,20,31H,6-7,19H2,1-5H3/b29-18+/t31-/m0/s1. The van der Waals surface area contributed by atoms with E-state index in [1.54, 1.807) is 44.2 Å². The Morgan fingerprint density at radius 3 is 2.57 bits per heavy atom. The van der Waals surface area contributed by atoms with Crippen LogP contribution in [0.4, 0.5) is 4.39 Å². The van der Waals surface area contributed by atoms with E-state index in [1.165, 1.54) is 28.0 Å². The summed E-state index contributed by atoms with van der Waals surface area (Å²) >= 11 is 7.86. The number of esters is 1. The Hall–Kier alpha value is -4.41. The fourth-order valence-corrected chi connectivity index (χ4v) is 6.48. The summed E-state index contributed by atoms with van der Waals surface area (Å²) in [6.07, 6.45) is 1.56. The third kappa shape index (κ3) is 7.03. The van der Waals surface area contributed by atoms with E-state index in [2.05, 4.69) is 4.99 Å². The number of carbonyl (C=O) groups is 1. The van der Waals surface area contributed by atoms with Gasteiger partial charge >= 0.3 is 5.97 Å². The van der Waals surface area contributed by atoms with E-state index in [9.17, 15) is 14.0 Å². The van der Waals surface area contributed by atoms with Crippen molar-refractivity contribution in [2.75, 3.05) is 13.2 Å². The van der Waals surface area contributed by atoms with Gasteiger partial charge in [0.1, 0.15) is 24.2 Å². The molecule has 0 fully saturated rings. The van der Waals surface area contributed by atoms with Crippen LogP contribution in [0.2, 0.25) is 5.02 Å². The van der Waals surface area contributed by atoms with Gasteiger partial charge in [-0.05, 0) is 82.2 Å². The van der Waals surface area contributed by atoms with Gasteiger partial charge in [-0.1, -0.05) is 53.3 Å². The lowest BCUT2D eigenvalue weighted by molar-refractivity contribution is -0.139. The molecule has 0 saturated heterocycles. The largest absolute Gasteiger partial charge is 0.491 e. The van der Waals surface area contributed by atoms with E-state index in [4.69, 9.17) is 30.5 Å². The summed E-state index contributed by atoms with van der Waals surface area (Å²) < 4.78 is 38.9. The molecule has 8 nitrogen and oxygen atoms in total. The lowest BCUT2D eigenvalue weighted by Crippen LogP contribution is -2.40. The lowest BCUT2D eigenvalue weighted by Gasteiger charge is -2.26. The average Bonchev–Trinajstić information content (AvgIpc) is 3.30. The Balaban J connectivity index is 1.62.